The van der Waals surface area contributed by atoms with Crippen molar-refractivity contribution in [1.82, 2.24) is 15.1 Å². The third-order valence-corrected chi connectivity index (χ3v) is 4.47. The predicted octanol–water partition coefficient (Wildman–Crippen LogP) is 2.85. The van der Waals surface area contributed by atoms with Crippen LogP contribution in [0.4, 0.5) is 15.6 Å². The van der Waals surface area contributed by atoms with Crippen LogP contribution in [0.1, 0.15) is 5.01 Å². The molecule has 2 heterocycles. The first-order valence-corrected chi connectivity index (χ1v) is 8.18. The molecule has 22 heavy (non-hydrogen) atoms. The summed E-state index contributed by atoms with van der Waals surface area (Å²) in [6.45, 7) is 4.75. The Kier molecular flexibility index (Phi) is 4.44. The van der Waals surface area contributed by atoms with E-state index in [0.717, 1.165) is 28.8 Å². The highest BCUT2D eigenvalue weighted by molar-refractivity contribution is 7.15. The molecule has 0 unspecified atom stereocenters. The van der Waals surface area contributed by atoms with Crippen LogP contribution in [0.2, 0.25) is 5.02 Å². The molecule has 1 aromatic carbocycles. The molecule has 1 saturated heterocycles. The summed E-state index contributed by atoms with van der Waals surface area (Å²) in [7, 11) is 0. The van der Waals surface area contributed by atoms with Crippen LogP contribution >= 0.6 is 22.9 Å². The van der Waals surface area contributed by atoms with Gasteiger partial charge in [-0.3, -0.25) is 5.32 Å². The zero-order valence-corrected chi connectivity index (χ0v) is 13.7. The van der Waals surface area contributed by atoms with Crippen LogP contribution in [0.25, 0.3) is 0 Å². The molecule has 116 valence electrons. The van der Waals surface area contributed by atoms with E-state index in [1.807, 2.05) is 31.2 Å². The molecule has 6 nitrogen and oxygen atoms in total. The normalized spacial score (nSPS) is 15.0. The summed E-state index contributed by atoms with van der Waals surface area (Å²) in [5.74, 6) is 0. The summed E-state index contributed by atoms with van der Waals surface area (Å²) in [6.07, 6.45) is 0. The molecule has 1 aromatic heterocycles. The minimum absolute atomic E-state index is 0.123. The van der Waals surface area contributed by atoms with Crippen molar-refractivity contribution in [2.75, 3.05) is 36.4 Å². The molecule has 0 radical (unpaired) electrons. The van der Waals surface area contributed by atoms with E-state index in [1.54, 1.807) is 4.90 Å². The SMILES string of the molecule is Cc1nnc(NC(=O)N2CCN(c3cccc(Cl)c3)CC2)s1. The second-order valence-electron chi connectivity index (χ2n) is 5.01. The van der Waals surface area contributed by atoms with Crippen LogP contribution in [0.5, 0.6) is 0 Å². The lowest BCUT2D eigenvalue weighted by molar-refractivity contribution is 0.208. The molecule has 1 fully saturated rings. The Bertz CT molecular complexity index is 669. The van der Waals surface area contributed by atoms with Crippen molar-refractivity contribution in [3.8, 4) is 0 Å². The molecule has 0 aliphatic carbocycles. The van der Waals surface area contributed by atoms with Crippen LogP contribution in [0.3, 0.4) is 0 Å². The molecule has 0 saturated carbocycles. The summed E-state index contributed by atoms with van der Waals surface area (Å²) in [6, 6.07) is 7.65. The lowest BCUT2D eigenvalue weighted by Gasteiger charge is -2.35. The second kappa shape index (κ2) is 6.50. The fourth-order valence-corrected chi connectivity index (χ4v) is 3.12. The molecular weight excluding hydrogens is 322 g/mol. The van der Waals surface area contributed by atoms with Gasteiger partial charge in [0, 0.05) is 36.9 Å². The standard InChI is InChI=1S/C14H16ClN5OS/c1-10-17-18-13(22-10)16-14(21)20-7-5-19(6-8-20)12-4-2-3-11(15)9-12/h2-4,9H,5-8H2,1H3,(H,16,18,21). The van der Waals surface area contributed by atoms with Crippen molar-refractivity contribution in [3.05, 3.63) is 34.3 Å². The molecule has 0 bridgehead atoms. The number of halogens is 1. The van der Waals surface area contributed by atoms with E-state index in [1.165, 1.54) is 11.3 Å². The maximum Gasteiger partial charge on any atom is 0.323 e. The van der Waals surface area contributed by atoms with Gasteiger partial charge in [0.15, 0.2) is 0 Å². The van der Waals surface area contributed by atoms with E-state index in [2.05, 4.69) is 20.4 Å². The van der Waals surface area contributed by atoms with Gasteiger partial charge in [-0.25, -0.2) is 4.79 Å². The summed E-state index contributed by atoms with van der Waals surface area (Å²) >= 11 is 7.40. The Morgan fingerprint density at radius 1 is 1.27 bits per heavy atom. The van der Waals surface area contributed by atoms with Crippen LogP contribution in [0.15, 0.2) is 24.3 Å². The number of aryl methyl sites for hydroxylation is 1. The van der Waals surface area contributed by atoms with E-state index in [4.69, 9.17) is 11.6 Å². The van der Waals surface area contributed by atoms with Gasteiger partial charge in [0.05, 0.1) is 0 Å². The summed E-state index contributed by atoms with van der Waals surface area (Å²) in [4.78, 5) is 16.2. The van der Waals surface area contributed by atoms with Gasteiger partial charge < -0.3 is 9.80 Å². The predicted molar refractivity (Wildman–Crippen MR) is 88.9 cm³/mol. The van der Waals surface area contributed by atoms with Gasteiger partial charge in [-0.1, -0.05) is 29.0 Å². The maximum atomic E-state index is 12.2. The minimum Gasteiger partial charge on any atom is -0.368 e. The monoisotopic (exact) mass is 337 g/mol. The zero-order chi connectivity index (χ0) is 15.5. The fraction of sp³-hybridized carbons (Fsp3) is 0.357. The number of amides is 2. The number of hydrogen-bond acceptors (Lipinski definition) is 5. The lowest BCUT2D eigenvalue weighted by Crippen LogP contribution is -2.50. The van der Waals surface area contributed by atoms with Crippen molar-refractivity contribution in [2.24, 2.45) is 0 Å². The first-order valence-electron chi connectivity index (χ1n) is 6.98. The van der Waals surface area contributed by atoms with E-state index >= 15 is 0 Å². The lowest BCUT2D eigenvalue weighted by atomic mass is 10.2. The minimum atomic E-state index is -0.123. The molecule has 0 spiro atoms. The molecule has 8 heteroatoms. The first-order chi connectivity index (χ1) is 10.6. The fourth-order valence-electron chi connectivity index (χ4n) is 2.36. The number of aromatic nitrogens is 2. The number of rotatable bonds is 2. The van der Waals surface area contributed by atoms with Gasteiger partial charge in [0.25, 0.3) is 0 Å². The number of anilines is 2. The highest BCUT2D eigenvalue weighted by Gasteiger charge is 2.22. The largest absolute Gasteiger partial charge is 0.368 e. The Morgan fingerprint density at radius 3 is 2.68 bits per heavy atom. The number of urea groups is 1. The molecule has 1 N–H and O–H groups in total. The van der Waals surface area contributed by atoms with Crippen LogP contribution in [0, 0.1) is 6.92 Å². The average molecular weight is 338 g/mol. The maximum absolute atomic E-state index is 12.2. The van der Waals surface area contributed by atoms with Crippen molar-refractivity contribution >= 4 is 39.8 Å². The van der Waals surface area contributed by atoms with Crippen molar-refractivity contribution < 1.29 is 4.79 Å². The highest BCUT2D eigenvalue weighted by Crippen LogP contribution is 2.21. The second-order valence-corrected chi connectivity index (χ2v) is 6.63. The van der Waals surface area contributed by atoms with E-state index in [0.29, 0.717) is 18.2 Å². The molecule has 2 amide bonds. The number of piperazine rings is 1. The molecule has 3 rings (SSSR count). The number of benzene rings is 1. The highest BCUT2D eigenvalue weighted by atomic mass is 35.5. The third kappa shape index (κ3) is 3.48. The van der Waals surface area contributed by atoms with Gasteiger partial charge in [-0.2, -0.15) is 0 Å². The summed E-state index contributed by atoms with van der Waals surface area (Å²) in [5, 5.41) is 12.7. The average Bonchev–Trinajstić information content (AvgIpc) is 2.92. The molecule has 2 aromatic rings. The first kappa shape index (κ1) is 15.1. The topological polar surface area (TPSA) is 61.4 Å². The van der Waals surface area contributed by atoms with Crippen molar-refractivity contribution in [1.29, 1.82) is 0 Å². The van der Waals surface area contributed by atoms with Crippen LogP contribution in [-0.4, -0.2) is 47.3 Å². The molecule has 1 aliphatic rings. The Balaban J connectivity index is 1.56. The Hall–Kier alpha value is -1.86. The number of carbonyl (C=O) groups is 1. The number of carbonyl (C=O) groups excluding carboxylic acids is 1. The van der Waals surface area contributed by atoms with Gasteiger partial charge in [0.1, 0.15) is 5.01 Å². The van der Waals surface area contributed by atoms with Crippen LogP contribution < -0.4 is 10.2 Å². The Morgan fingerprint density at radius 2 is 2.05 bits per heavy atom. The smallest absolute Gasteiger partial charge is 0.323 e. The molecular formula is C14H16ClN5OS. The zero-order valence-electron chi connectivity index (χ0n) is 12.1. The number of nitrogens with one attached hydrogen (secondary N) is 1. The number of hydrogen-bond donors (Lipinski definition) is 1. The van der Waals surface area contributed by atoms with Gasteiger partial charge in [0.2, 0.25) is 5.13 Å². The quantitative estimate of drug-likeness (QED) is 0.915. The third-order valence-electron chi connectivity index (χ3n) is 3.48. The van der Waals surface area contributed by atoms with Gasteiger partial charge >= 0.3 is 6.03 Å². The van der Waals surface area contributed by atoms with E-state index < -0.39 is 0 Å². The Labute approximate surface area is 137 Å². The van der Waals surface area contributed by atoms with E-state index in [9.17, 15) is 4.79 Å². The van der Waals surface area contributed by atoms with E-state index in [-0.39, 0.29) is 6.03 Å². The summed E-state index contributed by atoms with van der Waals surface area (Å²) < 4.78 is 0. The molecule has 1 aliphatic heterocycles. The summed E-state index contributed by atoms with van der Waals surface area (Å²) in [5.41, 5.74) is 1.09. The van der Waals surface area contributed by atoms with Gasteiger partial charge in [-0.15, -0.1) is 10.2 Å². The van der Waals surface area contributed by atoms with Crippen LogP contribution in [-0.2, 0) is 0 Å². The van der Waals surface area contributed by atoms with Crippen molar-refractivity contribution in [3.63, 3.8) is 0 Å². The van der Waals surface area contributed by atoms with Gasteiger partial charge in [-0.05, 0) is 25.1 Å². The number of nitrogens with zero attached hydrogens (tertiary/aromatic N) is 4. The molecule has 0 atom stereocenters. The van der Waals surface area contributed by atoms with Crippen molar-refractivity contribution in [2.45, 2.75) is 6.92 Å².